The summed E-state index contributed by atoms with van der Waals surface area (Å²) in [5, 5.41) is 8.06. The Kier molecular flexibility index (Phi) is 28.6. The molecule has 16 nitrogen and oxygen atoms in total. The zero-order valence-corrected chi connectivity index (χ0v) is 66.3. The van der Waals surface area contributed by atoms with Crippen molar-refractivity contribution in [2.24, 2.45) is 5.92 Å². The third-order valence-corrected chi connectivity index (χ3v) is 21.0. The minimum Gasteiger partial charge on any atom is -0.445 e. The number of phosphoric ester groups is 2. The third kappa shape index (κ3) is 20.0. The molecule has 0 spiro atoms. The fourth-order valence-corrected chi connectivity index (χ4v) is 15.6. The molecule has 578 valence electrons. The van der Waals surface area contributed by atoms with Crippen LogP contribution in [0.3, 0.4) is 0 Å². The number of carbonyl (C=O) groups excluding carboxylic acids is 4. The first-order valence-electron chi connectivity index (χ1n) is 37.3. The Morgan fingerprint density at radius 1 is 0.477 bits per heavy atom. The molecule has 2 amide bonds. The number of hydrogen-bond donors (Lipinski definition) is 4. The van der Waals surface area contributed by atoms with E-state index < -0.39 is 27.8 Å². The second kappa shape index (κ2) is 37.7. The van der Waals surface area contributed by atoms with Gasteiger partial charge in [0.25, 0.3) is 0 Å². The number of fused-ring (bicyclic) bond motifs is 8. The van der Waals surface area contributed by atoms with E-state index in [2.05, 4.69) is 131 Å². The summed E-state index contributed by atoms with van der Waals surface area (Å²) in [6.07, 6.45) is 11.9. The molecule has 0 saturated carbocycles. The van der Waals surface area contributed by atoms with E-state index in [0.717, 1.165) is 74.4 Å². The van der Waals surface area contributed by atoms with Gasteiger partial charge in [-0.3, -0.25) is 19.9 Å². The maximum atomic E-state index is 14.9. The quantitative estimate of drug-likeness (QED) is 0.0206. The molecule has 0 fully saturated rings. The minimum atomic E-state index is -4.99. The first-order valence-corrected chi connectivity index (χ1v) is 40.3. The molecule has 2 heterocycles. The van der Waals surface area contributed by atoms with Gasteiger partial charge in [0.1, 0.15) is 48.8 Å². The number of hydrogen-bond acceptors (Lipinski definition) is 12. The van der Waals surface area contributed by atoms with Crippen LogP contribution in [0.25, 0.3) is 77.2 Å². The maximum Gasteiger partial charge on any atom is 0.584 e. The maximum absolute atomic E-state index is 14.9. The summed E-state index contributed by atoms with van der Waals surface area (Å²) in [5.74, 6) is 1.49. The van der Waals surface area contributed by atoms with Gasteiger partial charge in [-0.1, -0.05) is 292 Å². The molecule has 1 aliphatic carbocycles. The summed E-state index contributed by atoms with van der Waals surface area (Å²) in [6.45, 7) is 33.2. The summed E-state index contributed by atoms with van der Waals surface area (Å²) in [5.41, 5.74) is 15.0. The summed E-state index contributed by atoms with van der Waals surface area (Å²) >= 11 is 0. The first kappa shape index (κ1) is 84.2. The Labute approximate surface area is 653 Å². The lowest BCUT2D eigenvalue weighted by Gasteiger charge is -2.25. The topological polar surface area (TPSA) is 222 Å². The highest BCUT2D eigenvalue weighted by Crippen LogP contribution is 2.65. The number of amides is 2. The smallest absolute Gasteiger partial charge is 0.445 e. The van der Waals surface area contributed by atoms with E-state index in [9.17, 15) is 33.3 Å². The van der Waals surface area contributed by atoms with Crippen molar-refractivity contribution >= 4 is 61.9 Å². The van der Waals surface area contributed by atoms with Crippen molar-refractivity contribution in [1.29, 1.82) is 0 Å². The van der Waals surface area contributed by atoms with Gasteiger partial charge in [-0.2, -0.15) is 0 Å². The summed E-state index contributed by atoms with van der Waals surface area (Å²) in [6, 6.07) is 58.8. The van der Waals surface area contributed by atoms with E-state index in [-0.39, 0.29) is 91.1 Å². The van der Waals surface area contributed by atoms with E-state index >= 15 is 0 Å². The zero-order valence-electron chi connectivity index (χ0n) is 64.5. The molecule has 3 aliphatic rings. The van der Waals surface area contributed by atoms with Crippen molar-refractivity contribution < 1.29 is 65.7 Å². The van der Waals surface area contributed by atoms with Crippen LogP contribution in [0.15, 0.2) is 232 Å². The second-order valence-electron chi connectivity index (χ2n) is 29.2. The lowest BCUT2D eigenvalue weighted by atomic mass is 9.80. The number of para-hydroxylation sites is 2. The molecule has 2 aliphatic heterocycles. The molecule has 4 N–H and O–H groups in total. The van der Waals surface area contributed by atoms with Crippen LogP contribution >= 0.6 is 15.6 Å². The highest BCUT2D eigenvalue weighted by Gasteiger charge is 2.42. The molecule has 111 heavy (non-hydrogen) atoms. The van der Waals surface area contributed by atoms with Crippen molar-refractivity contribution in [2.45, 2.75) is 158 Å². The van der Waals surface area contributed by atoms with Gasteiger partial charge >= 0.3 is 27.8 Å². The van der Waals surface area contributed by atoms with Crippen LogP contribution in [0.5, 0.6) is 23.0 Å². The SMILES string of the molecule is C.C=C/C=C/NC(=O)OCc1ccccc1.C=CC=O.CC(C)c1cc(C(C)C)c(-c2cccc3c2OP(=O)(O)Oc2c-3cc3ccccc3c2-c2c3c(cc4ccccc24)-c2cccc(-c4c(C(C)C)cc(C(C)C)cc4C(C)C)c2OP(=O)(O)O3)c(C(C)C)c1.O=C[C@@H]1CCC=C[C@@H]1NC(=O)OCc1ccccc1. The van der Waals surface area contributed by atoms with E-state index in [4.69, 9.17) is 32.4 Å². The number of aldehydes is 2. The van der Waals surface area contributed by atoms with Gasteiger partial charge in [0, 0.05) is 56.6 Å². The number of phosphoric acid groups is 2. The van der Waals surface area contributed by atoms with Gasteiger partial charge in [0.15, 0.2) is 0 Å². The predicted molar refractivity (Wildman–Crippen MR) is 449 cm³/mol. The van der Waals surface area contributed by atoms with Crippen molar-refractivity contribution in [1.82, 2.24) is 10.6 Å². The van der Waals surface area contributed by atoms with Gasteiger partial charge in [-0.05, 0) is 150 Å². The largest absolute Gasteiger partial charge is 0.584 e. The molecule has 10 aromatic carbocycles. The third-order valence-electron chi connectivity index (χ3n) is 19.4. The molecular weight excluding hydrogens is 1430 g/mol. The van der Waals surface area contributed by atoms with E-state index in [1.807, 2.05) is 170 Å². The summed E-state index contributed by atoms with van der Waals surface area (Å²) in [7, 11) is -9.99. The Morgan fingerprint density at radius 3 is 1.23 bits per heavy atom. The Balaban J connectivity index is 0.000000295. The van der Waals surface area contributed by atoms with E-state index in [1.54, 1.807) is 12.2 Å². The van der Waals surface area contributed by atoms with E-state index in [0.29, 0.717) is 61.6 Å². The fraction of sp³-hybridized carbons (Fsp3) is 0.269. The first-order chi connectivity index (χ1) is 52.7. The number of nitrogens with one attached hydrogen (secondary N) is 2. The van der Waals surface area contributed by atoms with Crippen molar-refractivity contribution in [3.8, 4) is 78.6 Å². The highest BCUT2D eigenvalue weighted by atomic mass is 31.2. The predicted octanol–water partition coefficient (Wildman–Crippen LogP) is 24.9. The summed E-state index contributed by atoms with van der Waals surface area (Å²) in [4.78, 5) is 67.0. The van der Waals surface area contributed by atoms with E-state index in [1.165, 1.54) is 23.4 Å². The van der Waals surface area contributed by atoms with Gasteiger partial charge in [-0.25, -0.2) is 18.7 Å². The number of carbonyl (C=O) groups is 4. The summed E-state index contributed by atoms with van der Waals surface area (Å²) < 4.78 is 65.5. The van der Waals surface area contributed by atoms with Crippen LogP contribution in [-0.2, 0) is 41.4 Å². The van der Waals surface area contributed by atoms with Crippen LogP contribution in [0.2, 0.25) is 0 Å². The molecule has 13 rings (SSSR count). The fourth-order valence-electron chi connectivity index (χ4n) is 13.9. The van der Waals surface area contributed by atoms with Crippen LogP contribution in [0.4, 0.5) is 9.59 Å². The number of ether oxygens (including phenoxy) is 2. The average molecular weight is 1530 g/mol. The molecule has 4 atom stereocenters. The van der Waals surface area contributed by atoms with Gasteiger partial charge in [0.05, 0.1) is 6.04 Å². The Bertz CT molecular complexity index is 4900. The molecule has 10 aromatic rings. The van der Waals surface area contributed by atoms with Crippen LogP contribution in [-0.4, -0.2) is 40.6 Å². The zero-order chi connectivity index (χ0) is 79.1. The molecule has 0 saturated heterocycles. The lowest BCUT2D eigenvalue weighted by Crippen LogP contribution is -2.41. The molecular formula is C93H102N2O14P2. The lowest BCUT2D eigenvalue weighted by molar-refractivity contribution is -0.111. The Hall–Kier alpha value is -10.9. The molecule has 0 bridgehead atoms. The molecule has 0 aromatic heterocycles. The minimum absolute atomic E-state index is 0. The number of allylic oxidation sites excluding steroid dienone is 4. The molecule has 18 heteroatoms. The molecule has 0 radical (unpaired) electrons. The number of alkyl carbamates (subject to hydrolysis) is 2. The van der Waals surface area contributed by atoms with Crippen molar-refractivity contribution in [3.63, 3.8) is 0 Å². The monoisotopic (exact) mass is 1530 g/mol. The molecule has 2 unspecified atom stereocenters. The van der Waals surface area contributed by atoms with Crippen LogP contribution in [0.1, 0.15) is 183 Å². The van der Waals surface area contributed by atoms with Gasteiger partial charge in [0.2, 0.25) is 0 Å². The Morgan fingerprint density at radius 2 is 0.856 bits per heavy atom. The highest BCUT2D eigenvalue weighted by molar-refractivity contribution is 7.48. The normalized spacial score (nSPS) is 16.5. The standard InChI is InChI=1S/C62H64O8P2.C15H17NO3.C12H13NO2.C3H4O.CH4/c1-33(2)41-29-49(35(5)6)55(50(30-41)36(7)8)47-25-17-23-45-53-27-39-19-13-15-21-43(39)57(61(53)69-71(63,64)67-59(45)47)58-44-22-16-14-20-40(44)28-54-46-24-18-26-48(60(46)68-72(65,66)70-62(54)58)56-51(37(9)10)31-42(34(3)4)32-52(56)38(11)12;17-10-13-8-4-5-9-14(13)16-15(18)19-11-12-6-2-1-3-7-12;1-2-3-9-13-12(14)15-10-11-7-5-4-6-8-11;1-2-3-4;/h13-38H,1-12H3,(H,63,64)(H,65,66);1-3,5-7,9-10,13-14H,4,8,11H2,(H,16,18);2-9H,1,10H2,(H,13,14);2-3H,1H2;1H4/b;;9-3+;;/t;13-,14-;;;/m.0.../s1. The number of benzene rings is 10. The van der Waals surface area contributed by atoms with Gasteiger partial charge < -0.3 is 37.7 Å². The van der Waals surface area contributed by atoms with Crippen molar-refractivity contribution in [3.05, 3.63) is 276 Å². The van der Waals surface area contributed by atoms with Crippen LogP contribution in [0, 0.1) is 5.92 Å². The van der Waals surface area contributed by atoms with Gasteiger partial charge in [-0.15, -0.1) is 0 Å². The van der Waals surface area contributed by atoms with Crippen molar-refractivity contribution in [2.75, 3.05) is 0 Å². The number of rotatable bonds is 18. The second-order valence-corrected chi connectivity index (χ2v) is 31.8. The van der Waals surface area contributed by atoms with Crippen LogP contribution < -0.4 is 28.7 Å². The average Bonchev–Trinajstić information content (AvgIpc) is 1.67.